The van der Waals surface area contributed by atoms with Gasteiger partial charge in [0.15, 0.2) is 0 Å². The summed E-state index contributed by atoms with van der Waals surface area (Å²) in [6, 6.07) is 18.8. The smallest absolute Gasteiger partial charge is 0.271 e. The van der Waals surface area contributed by atoms with Crippen molar-refractivity contribution in [2.45, 2.75) is 24.6 Å². The fourth-order valence-electron chi connectivity index (χ4n) is 4.94. The Hall–Kier alpha value is -2.87. The van der Waals surface area contributed by atoms with Gasteiger partial charge in [-0.15, -0.1) is 0 Å². The fourth-order valence-corrected chi connectivity index (χ4v) is 5.94. The largest absolute Gasteiger partial charge is 0.507 e. The summed E-state index contributed by atoms with van der Waals surface area (Å²) >= 11 is 0. The second kappa shape index (κ2) is 8.82. The van der Waals surface area contributed by atoms with E-state index in [1.54, 1.807) is 30.3 Å². The van der Waals surface area contributed by atoms with Gasteiger partial charge in [-0.1, -0.05) is 48.5 Å². The lowest BCUT2D eigenvalue weighted by Gasteiger charge is -2.40. The number of benzene rings is 3. The van der Waals surface area contributed by atoms with Gasteiger partial charge in [0, 0.05) is 23.7 Å². The number of rotatable bonds is 7. The highest BCUT2D eigenvalue weighted by atomic mass is 32.2. The van der Waals surface area contributed by atoms with Crippen molar-refractivity contribution < 1.29 is 22.4 Å². The van der Waals surface area contributed by atoms with Gasteiger partial charge in [0.1, 0.15) is 30.5 Å². The highest BCUT2D eigenvalue weighted by molar-refractivity contribution is 7.85. The Labute approximate surface area is 194 Å². The van der Waals surface area contributed by atoms with Crippen molar-refractivity contribution in [1.82, 2.24) is 4.90 Å². The molecule has 0 fully saturated rings. The van der Waals surface area contributed by atoms with Crippen LogP contribution in [0.4, 0.5) is 0 Å². The van der Waals surface area contributed by atoms with Crippen molar-refractivity contribution >= 4 is 10.1 Å². The second-order valence-electron chi connectivity index (χ2n) is 8.63. The Balaban J connectivity index is 1.37. The summed E-state index contributed by atoms with van der Waals surface area (Å²) in [6.45, 7) is 0.991. The van der Waals surface area contributed by atoms with Gasteiger partial charge in [-0.2, -0.15) is 8.42 Å². The normalized spacial score (nSPS) is 17.3. The molecule has 0 aromatic heterocycles. The third kappa shape index (κ3) is 4.36. The van der Waals surface area contributed by atoms with Gasteiger partial charge in [-0.3, -0.25) is 9.08 Å². The number of hydrogen-bond acceptors (Lipinski definition) is 6. The topological polar surface area (TPSA) is 76.1 Å². The maximum atomic E-state index is 12.3. The maximum Gasteiger partial charge on any atom is 0.271 e. The first-order chi connectivity index (χ1) is 15.9. The molecule has 172 valence electrons. The Morgan fingerprint density at radius 2 is 1.79 bits per heavy atom. The molecule has 3 aromatic rings. The van der Waals surface area contributed by atoms with Gasteiger partial charge >= 0.3 is 0 Å². The molecule has 0 saturated carbocycles. The van der Waals surface area contributed by atoms with Crippen LogP contribution in [0.1, 0.15) is 28.3 Å². The van der Waals surface area contributed by atoms with Crippen LogP contribution >= 0.6 is 0 Å². The molecule has 0 spiro atoms. The minimum atomic E-state index is -3.71. The van der Waals surface area contributed by atoms with E-state index in [1.807, 2.05) is 18.2 Å². The van der Waals surface area contributed by atoms with Crippen molar-refractivity contribution in [3.05, 3.63) is 82.9 Å². The molecule has 2 aliphatic rings. The molecule has 0 saturated heterocycles. The third-order valence-corrected chi connectivity index (χ3v) is 7.69. The lowest BCUT2D eigenvalue weighted by Crippen LogP contribution is -2.35. The molecule has 1 N–H and O–H groups in total. The van der Waals surface area contributed by atoms with E-state index < -0.39 is 10.1 Å². The molecular formula is C26H27NO5S. The number of phenolic OH excluding ortho intramolecular Hbond substituents is 1. The number of likely N-dealkylation sites (N-methyl/N-ethyl adjacent to an activating group) is 1. The lowest BCUT2D eigenvalue weighted by atomic mass is 9.76. The van der Waals surface area contributed by atoms with Gasteiger partial charge in [-0.05, 0) is 54.3 Å². The summed E-state index contributed by atoms with van der Waals surface area (Å²) in [4.78, 5) is 2.35. The van der Waals surface area contributed by atoms with E-state index in [9.17, 15) is 13.5 Å². The van der Waals surface area contributed by atoms with E-state index >= 15 is 0 Å². The van der Waals surface area contributed by atoms with E-state index in [2.05, 4.69) is 24.1 Å². The molecule has 0 bridgehead atoms. The van der Waals surface area contributed by atoms with E-state index in [0.29, 0.717) is 11.3 Å². The molecule has 1 heterocycles. The zero-order chi connectivity index (χ0) is 23.0. The van der Waals surface area contributed by atoms with Gasteiger partial charge in [-0.25, -0.2) is 0 Å². The molecule has 0 amide bonds. The molecule has 5 rings (SSSR count). The monoisotopic (exact) mass is 465 g/mol. The predicted octanol–water partition coefficient (Wildman–Crippen LogP) is 4.07. The molecule has 33 heavy (non-hydrogen) atoms. The van der Waals surface area contributed by atoms with Crippen molar-refractivity contribution in [2.75, 3.05) is 26.8 Å². The van der Waals surface area contributed by atoms with Gasteiger partial charge in [0.05, 0.1) is 0 Å². The van der Waals surface area contributed by atoms with Crippen molar-refractivity contribution in [3.63, 3.8) is 0 Å². The number of fused-ring (bicyclic) bond motifs is 2. The standard InChI is InChI=1S/C26H27NO5S/c1-27-13-12-19-10-11-23(26-24(19)21(27)16-20-8-5-9-22(28)25(20)26)31-14-15-32-33(29,30)17-18-6-3-2-4-7-18/h2-11,21,28H,12-17H2,1H3/t21-/m1/s1. The first-order valence-electron chi connectivity index (χ1n) is 11.1. The van der Waals surface area contributed by atoms with Crippen molar-refractivity contribution in [3.8, 4) is 22.6 Å². The molecule has 0 unspecified atom stereocenters. The van der Waals surface area contributed by atoms with E-state index in [1.165, 1.54) is 11.1 Å². The zero-order valence-electron chi connectivity index (χ0n) is 18.5. The van der Waals surface area contributed by atoms with E-state index in [-0.39, 0.29) is 30.8 Å². The van der Waals surface area contributed by atoms with Crippen LogP contribution in [-0.2, 0) is 32.9 Å². The quantitative estimate of drug-likeness (QED) is 0.419. The van der Waals surface area contributed by atoms with Crippen LogP contribution in [0, 0.1) is 0 Å². The van der Waals surface area contributed by atoms with Crippen molar-refractivity contribution in [1.29, 1.82) is 0 Å². The van der Waals surface area contributed by atoms with E-state index in [4.69, 9.17) is 8.92 Å². The SMILES string of the molecule is CN1CCc2ccc(OCCOS(=O)(=O)Cc3ccccc3)c3c2[C@H]1Cc1cccc(O)c1-3. The number of nitrogens with zero attached hydrogens (tertiary/aromatic N) is 1. The number of hydrogen-bond donors (Lipinski definition) is 1. The predicted molar refractivity (Wildman–Crippen MR) is 127 cm³/mol. The van der Waals surface area contributed by atoms with Crippen LogP contribution < -0.4 is 4.74 Å². The summed E-state index contributed by atoms with van der Waals surface area (Å²) in [5, 5.41) is 10.7. The van der Waals surface area contributed by atoms with Crippen LogP contribution in [0.15, 0.2) is 60.7 Å². The van der Waals surface area contributed by atoms with Gasteiger partial charge in [0.2, 0.25) is 0 Å². The molecular weight excluding hydrogens is 438 g/mol. The summed E-state index contributed by atoms with van der Waals surface area (Å²) in [7, 11) is -1.58. The third-order valence-electron chi connectivity index (χ3n) is 6.48. The fraction of sp³-hybridized carbons (Fsp3) is 0.308. The minimum absolute atomic E-state index is 0.0807. The zero-order valence-corrected chi connectivity index (χ0v) is 19.3. The Morgan fingerprint density at radius 3 is 2.61 bits per heavy atom. The van der Waals surface area contributed by atoms with Crippen LogP contribution in [0.5, 0.6) is 11.5 Å². The van der Waals surface area contributed by atoms with Gasteiger partial charge in [0.25, 0.3) is 10.1 Å². The average molecular weight is 466 g/mol. The Kier molecular flexibility index (Phi) is 5.86. The summed E-state index contributed by atoms with van der Waals surface area (Å²) in [5.74, 6) is 0.701. The van der Waals surface area contributed by atoms with Crippen molar-refractivity contribution in [2.24, 2.45) is 0 Å². The summed E-state index contributed by atoms with van der Waals surface area (Å²) in [5.41, 5.74) is 5.97. The number of phenols is 1. The number of ether oxygens (including phenoxy) is 1. The summed E-state index contributed by atoms with van der Waals surface area (Å²) < 4.78 is 35.8. The molecule has 1 atom stereocenters. The minimum Gasteiger partial charge on any atom is -0.507 e. The molecule has 6 nitrogen and oxygen atoms in total. The van der Waals surface area contributed by atoms with E-state index in [0.717, 1.165) is 36.1 Å². The molecule has 1 aliphatic carbocycles. The Bertz CT molecular complexity index is 1270. The molecule has 0 radical (unpaired) electrons. The number of aromatic hydroxyl groups is 1. The summed E-state index contributed by atoms with van der Waals surface area (Å²) in [6.07, 6.45) is 1.78. The second-order valence-corrected chi connectivity index (χ2v) is 10.3. The van der Waals surface area contributed by atoms with Gasteiger partial charge < -0.3 is 9.84 Å². The average Bonchev–Trinajstić information content (AvgIpc) is 2.80. The highest BCUT2D eigenvalue weighted by Crippen LogP contribution is 2.51. The van der Waals surface area contributed by atoms with Crippen LogP contribution in [-0.4, -0.2) is 45.2 Å². The maximum absolute atomic E-state index is 12.3. The van der Waals surface area contributed by atoms with Crippen LogP contribution in [0.2, 0.25) is 0 Å². The van der Waals surface area contributed by atoms with Crippen LogP contribution in [0.3, 0.4) is 0 Å². The molecule has 7 heteroatoms. The highest BCUT2D eigenvalue weighted by Gasteiger charge is 2.35. The van der Waals surface area contributed by atoms with Crippen LogP contribution in [0.25, 0.3) is 11.1 Å². The molecule has 3 aromatic carbocycles. The first kappa shape index (κ1) is 21.9. The molecule has 1 aliphatic heterocycles. The lowest BCUT2D eigenvalue weighted by molar-refractivity contribution is 0.215. The first-order valence-corrected chi connectivity index (χ1v) is 12.7. The Morgan fingerprint density at radius 1 is 0.970 bits per heavy atom.